The first-order valence-corrected chi connectivity index (χ1v) is 7.43. The Morgan fingerprint density at radius 3 is 2.30 bits per heavy atom. The fourth-order valence-electron chi connectivity index (χ4n) is 2.36. The van der Waals surface area contributed by atoms with Crippen molar-refractivity contribution < 1.29 is 4.79 Å². The first-order valence-electron chi connectivity index (χ1n) is 7.43. The minimum absolute atomic E-state index is 0.120. The molecule has 4 nitrogen and oxygen atoms in total. The van der Waals surface area contributed by atoms with Crippen LogP contribution in [-0.2, 0) is 17.8 Å². The summed E-state index contributed by atoms with van der Waals surface area (Å²) < 4.78 is 0. The van der Waals surface area contributed by atoms with E-state index in [2.05, 4.69) is 53.4 Å². The molecule has 0 bridgehead atoms. The van der Waals surface area contributed by atoms with Gasteiger partial charge < -0.3 is 10.2 Å². The standard InChI is InChI=1S/C16H25N3O/c1-3-14-4-6-15(7-5-14)12-17-16(20)13-19-10-8-18(2)9-11-19/h4-7H,3,8-13H2,1-2H3,(H,17,20). The molecule has 1 amide bonds. The molecule has 1 aromatic carbocycles. The Hall–Kier alpha value is -1.39. The van der Waals surface area contributed by atoms with Crippen molar-refractivity contribution in [3.8, 4) is 0 Å². The summed E-state index contributed by atoms with van der Waals surface area (Å²) in [6.45, 7) is 7.34. The number of carbonyl (C=O) groups is 1. The molecule has 1 fully saturated rings. The van der Waals surface area contributed by atoms with Crippen molar-refractivity contribution in [3.05, 3.63) is 35.4 Å². The number of rotatable bonds is 5. The lowest BCUT2D eigenvalue weighted by molar-refractivity contribution is -0.122. The number of aryl methyl sites for hydroxylation is 1. The molecule has 2 rings (SSSR count). The zero-order valence-electron chi connectivity index (χ0n) is 12.6. The molecule has 110 valence electrons. The second kappa shape index (κ2) is 7.41. The van der Waals surface area contributed by atoms with Crippen LogP contribution in [0.5, 0.6) is 0 Å². The summed E-state index contributed by atoms with van der Waals surface area (Å²) in [6.07, 6.45) is 1.05. The summed E-state index contributed by atoms with van der Waals surface area (Å²) in [7, 11) is 2.12. The maximum atomic E-state index is 11.9. The monoisotopic (exact) mass is 275 g/mol. The summed E-state index contributed by atoms with van der Waals surface area (Å²) in [4.78, 5) is 16.4. The number of piperazine rings is 1. The number of likely N-dealkylation sites (N-methyl/N-ethyl adjacent to an activating group) is 1. The van der Waals surface area contributed by atoms with Gasteiger partial charge in [0.25, 0.3) is 0 Å². The molecule has 0 atom stereocenters. The van der Waals surface area contributed by atoms with E-state index in [4.69, 9.17) is 0 Å². The van der Waals surface area contributed by atoms with Crippen LogP contribution in [0, 0.1) is 0 Å². The van der Waals surface area contributed by atoms with E-state index in [-0.39, 0.29) is 5.91 Å². The van der Waals surface area contributed by atoms with Crippen molar-refractivity contribution in [1.29, 1.82) is 0 Å². The first-order chi connectivity index (χ1) is 9.67. The van der Waals surface area contributed by atoms with Gasteiger partial charge in [0.1, 0.15) is 0 Å². The fraction of sp³-hybridized carbons (Fsp3) is 0.562. The van der Waals surface area contributed by atoms with Crippen LogP contribution in [0.3, 0.4) is 0 Å². The lowest BCUT2D eigenvalue weighted by Gasteiger charge is -2.31. The van der Waals surface area contributed by atoms with E-state index < -0.39 is 0 Å². The second-order valence-corrected chi connectivity index (χ2v) is 5.53. The molecule has 1 heterocycles. The molecule has 0 saturated carbocycles. The topological polar surface area (TPSA) is 35.6 Å². The van der Waals surface area contributed by atoms with Gasteiger partial charge in [0.15, 0.2) is 0 Å². The number of nitrogens with one attached hydrogen (secondary N) is 1. The molecule has 1 aliphatic rings. The molecule has 1 saturated heterocycles. The summed E-state index contributed by atoms with van der Waals surface area (Å²) in [5, 5.41) is 3.00. The lowest BCUT2D eigenvalue weighted by atomic mass is 10.1. The number of nitrogens with zero attached hydrogens (tertiary/aromatic N) is 2. The average molecular weight is 275 g/mol. The minimum atomic E-state index is 0.120. The first kappa shape index (κ1) is 15.0. The van der Waals surface area contributed by atoms with Crippen molar-refractivity contribution in [2.75, 3.05) is 39.8 Å². The van der Waals surface area contributed by atoms with E-state index in [1.165, 1.54) is 5.56 Å². The third-order valence-electron chi connectivity index (χ3n) is 3.88. The Labute approximate surface area is 121 Å². The van der Waals surface area contributed by atoms with Crippen LogP contribution >= 0.6 is 0 Å². The van der Waals surface area contributed by atoms with Gasteiger partial charge in [0.05, 0.1) is 6.54 Å². The number of hydrogen-bond acceptors (Lipinski definition) is 3. The molecule has 20 heavy (non-hydrogen) atoms. The molecule has 0 unspecified atom stereocenters. The average Bonchev–Trinajstić information content (AvgIpc) is 2.48. The van der Waals surface area contributed by atoms with Gasteiger partial charge in [-0.25, -0.2) is 0 Å². The third kappa shape index (κ3) is 4.62. The van der Waals surface area contributed by atoms with Crippen LogP contribution in [0.2, 0.25) is 0 Å². The molecule has 0 spiro atoms. The van der Waals surface area contributed by atoms with Gasteiger partial charge in [-0.1, -0.05) is 31.2 Å². The largest absolute Gasteiger partial charge is 0.351 e. The second-order valence-electron chi connectivity index (χ2n) is 5.53. The van der Waals surface area contributed by atoms with E-state index in [9.17, 15) is 4.79 Å². The number of amides is 1. The van der Waals surface area contributed by atoms with Crippen LogP contribution < -0.4 is 5.32 Å². The van der Waals surface area contributed by atoms with E-state index in [0.29, 0.717) is 13.1 Å². The summed E-state index contributed by atoms with van der Waals surface area (Å²) in [5.41, 5.74) is 2.49. The van der Waals surface area contributed by atoms with Gasteiger partial charge in [-0.2, -0.15) is 0 Å². The SMILES string of the molecule is CCc1ccc(CNC(=O)CN2CCN(C)CC2)cc1. The third-order valence-corrected chi connectivity index (χ3v) is 3.88. The molecule has 0 radical (unpaired) electrons. The summed E-state index contributed by atoms with van der Waals surface area (Å²) in [6, 6.07) is 8.44. The Kier molecular flexibility index (Phi) is 5.56. The van der Waals surface area contributed by atoms with Crippen LogP contribution in [-0.4, -0.2) is 55.5 Å². The van der Waals surface area contributed by atoms with Gasteiger partial charge >= 0.3 is 0 Å². The van der Waals surface area contributed by atoms with Crippen LogP contribution in [0.25, 0.3) is 0 Å². The molecule has 0 aromatic heterocycles. The molecule has 0 aliphatic carbocycles. The van der Waals surface area contributed by atoms with E-state index in [0.717, 1.165) is 38.2 Å². The predicted octanol–water partition coefficient (Wildman–Crippen LogP) is 1.11. The number of carbonyl (C=O) groups excluding carboxylic acids is 1. The molecule has 4 heteroatoms. The summed E-state index contributed by atoms with van der Waals surface area (Å²) >= 11 is 0. The van der Waals surface area contributed by atoms with Crippen molar-refractivity contribution in [2.24, 2.45) is 0 Å². The predicted molar refractivity (Wildman–Crippen MR) is 81.6 cm³/mol. The highest BCUT2D eigenvalue weighted by atomic mass is 16.2. The highest BCUT2D eigenvalue weighted by molar-refractivity contribution is 5.78. The number of hydrogen-bond donors (Lipinski definition) is 1. The minimum Gasteiger partial charge on any atom is -0.351 e. The summed E-state index contributed by atoms with van der Waals surface area (Å²) in [5.74, 6) is 0.120. The van der Waals surface area contributed by atoms with Gasteiger partial charge in [-0.3, -0.25) is 9.69 Å². The van der Waals surface area contributed by atoms with E-state index >= 15 is 0 Å². The molecular weight excluding hydrogens is 250 g/mol. The van der Waals surface area contributed by atoms with Crippen LogP contribution in [0.4, 0.5) is 0 Å². The quantitative estimate of drug-likeness (QED) is 0.874. The Morgan fingerprint density at radius 2 is 1.70 bits per heavy atom. The normalized spacial score (nSPS) is 17.1. The Morgan fingerprint density at radius 1 is 1.10 bits per heavy atom. The van der Waals surface area contributed by atoms with Gasteiger partial charge in [0, 0.05) is 32.7 Å². The van der Waals surface area contributed by atoms with Crippen molar-refractivity contribution >= 4 is 5.91 Å². The van der Waals surface area contributed by atoms with Crippen molar-refractivity contribution in [1.82, 2.24) is 15.1 Å². The van der Waals surface area contributed by atoms with Crippen molar-refractivity contribution in [2.45, 2.75) is 19.9 Å². The van der Waals surface area contributed by atoms with Gasteiger partial charge in [-0.05, 0) is 24.6 Å². The highest BCUT2D eigenvalue weighted by Crippen LogP contribution is 2.05. The lowest BCUT2D eigenvalue weighted by Crippen LogP contribution is -2.48. The zero-order valence-corrected chi connectivity index (χ0v) is 12.6. The van der Waals surface area contributed by atoms with Crippen LogP contribution in [0.15, 0.2) is 24.3 Å². The fourth-order valence-corrected chi connectivity index (χ4v) is 2.36. The van der Waals surface area contributed by atoms with Gasteiger partial charge in [-0.15, -0.1) is 0 Å². The maximum absolute atomic E-state index is 11.9. The smallest absolute Gasteiger partial charge is 0.234 e. The van der Waals surface area contributed by atoms with Crippen LogP contribution in [0.1, 0.15) is 18.1 Å². The van der Waals surface area contributed by atoms with E-state index in [1.807, 2.05) is 0 Å². The Balaban J connectivity index is 1.71. The maximum Gasteiger partial charge on any atom is 0.234 e. The molecule has 1 aromatic rings. The molecular formula is C16H25N3O. The highest BCUT2D eigenvalue weighted by Gasteiger charge is 2.16. The van der Waals surface area contributed by atoms with Crippen molar-refractivity contribution in [3.63, 3.8) is 0 Å². The number of benzene rings is 1. The van der Waals surface area contributed by atoms with Gasteiger partial charge in [0.2, 0.25) is 5.91 Å². The van der Waals surface area contributed by atoms with E-state index in [1.54, 1.807) is 0 Å². The zero-order chi connectivity index (χ0) is 14.4. The molecule has 1 aliphatic heterocycles. The Bertz CT molecular complexity index is 422. The molecule has 1 N–H and O–H groups in total.